The first-order chi connectivity index (χ1) is 14.8. The molecule has 0 radical (unpaired) electrons. The van der Waals surface area contributed by atoms with Crippen molar-refractivity contribution in [2.75, 3.05) is 58.9 Å². The van der Waals surface area contributed by atoms with Crippen molar-refractivity contribution in [3.05, 3.63) is 29.8 Å². The van der Waals surface area contributed by atoms with Crippen molar-refractivity contribution < 1.29 is 13.2 Å². The highest BCUT2D eigenvalue weighted by Gasteiger charge is 2.28. The molecule has 0 aliphatic carbocycles. The maximum Gasteiger partial charge on any atom is 0.243 e. The van der Waals surface area contributed by atoms with Gasteiger partial charge in [0.15, 0.2) is 0 Å². The van der Waals surface area contributed by atoms with Gasteiger partial charge in [0, 0.05) is 65.3 Å². The highest BCUT2D eigenvalue weighted by Crippen LogP contribution is 2.22. The molecule has 1 aromatic rings. The number of sulfonamides is 1. The van der Waals surface area contributed by atoms with E-state index in [2.05, 4.69) is 24.1 Å². The number of amides is 1. The van der Waals surface area contributed by atoms with E-state index in [-0.39, 0.29) is 18.9 Å². The number of hydrogen-bond donors (Lipinski definition) is 1. The minimum atomic E-state index is -3.65. The molecule has 2 unspecified atom stereocenters. The Bertz CT molecular complexity index is 829. The Hall–Kier alpha value is -1.48. The van der Waals surface area contributed by atoms with Crippen LogP contribution in [0.5, 0.6) is 0 Å². The predicted molar refractivity (Wildman–Crippen MR) is 123 cm³/mol. The average molecular weight is 451 g/mol. The molecule has 2 heterocycles. The molecule has 174 valence electrons. The maximum atomic E-state index is 13.4. The number of piperidine rings is 1. The first-order valence-corrected chi connectivity index (χ1v) is 13.0. The van der Waals surface area contributed by atoms with Crippen molar-refractivity contribution in [2.45, 2.75) is 38.5 Å². The van der Waals surface area contributed by atoms with Crippen LogP contribution in [0.15, 0.2) is 29.2 Å². The Morgan fingerprint density at radius 2 is 1.81 bits per heavy atom. The lowest BCUT2D eigenvalue weighted by atomic mass is 9.92. The number of rotatable bonds is 8. The van der Waals surface area contributed by atoms with Crippen LogP contribution in [-0.4, -0.2) is 87.3 Å². The molecule has 31 heavy (non-hydrogen) atoms. The van der Waals surface area contributed by atoms with Crippen LogP contribution in [0.4, 0.5) is 0 Å². The highest BCUT2D eigenvalue weighted by molar-refractivity contribution is 7.89. The molecule has 2 atom stereocenters. The van der Waals surface area contributed by atoms with E-state index in [1.807, 2.05) is 17.9 Å². The summed E-state index contributed by atoms with van der Waals surface area (Å²) in [6, 6.07) is 7.04. The van der Waals surface area contributed by atoms with Crippen molar-refractivity contribution in [3.8, 4) is 0 Å². The molecule has 1 amide bonds. The van der Waals surface area contributed by atoms with Crippen LogP contribution in [0, 0.1) is 18.8 Å². The summed E-state index contributed by atoms with van der Waals surface area (Å²) in [5.74, 6) is 1.28. The zero-order chi connectivity index (χ0) is 22.4. The highest BCUT2D eigenvalue weighted by atomic mass is 32.2. The second-order valence-electron chi connectivity index (χ2n) is 9.31. The molecule has 1 aromatic carbocycles. The van der Waals surface area contributed by atoms with Gasteiger partial charge in [0.2, 0.25) is 15.9 Å². The van der Waals surface area contributed by atoms with Crippen LogP contribution >= 0.6 is 0 Å². The summed E-state index contributed by atoms with van der Waals surface area (Å²) >= 11 is 0. The zero-order valence-electron chi connectivity index (χ0n) is 19.2. The van der Waals surface area contributed by atoms with Gasteiger partial charge < -0.3 is 15.1 Å². The maximum absolute atomic E-state index is 13.4. The Morgan fingerprint density at radius 3 is 2.45 bits per heavy atom. The van der Waals surface area contributed by atoms with Gasteiger partial charge >= 0.3 is 0 Å². The molecular formula is C23H38N4O3S. The van der Waals surface area contributed by atoms with Gasteiger partial charge in [-0.25, -0.2) is 8.42 Å². The molecule has 2 aliphatic rings. The number of carbonyl (C=O) groups excluding carboxylic acids is 1. The second kappa shape index (κ2) is 10.9. The minimum Gasteiger partial charge on any atom is -0.340 e. The molecule has 0 saturated carbocycles. The monoisotopic (exact) mass is 450 g/mol. The van der Waals surface area contributed by atoms with Crippen LogP contribution in [-0.2, 0) is 14.8 Å². The van der Waals surface area contributed by atoms with Gasteiger partial charge in [-0.2, -0.15) is 4.31 Å². The number of piperazine rings is 1. The molecule has 8 heteroatoms. The largest absolute Gasteiger partial charge is 0.340 e. The Labute approximate surface area is 187 Å². The number of nitrogens with zero attached hydrogens (tertiary/aromatic N) is 3. The first kappa shape index (κ1) is 24.2. The number of carbonyl (C=O) groups is 1. The van der Waals surface area contributed by atoms with E-state index < -0.39 is 10.0 Å². The van der Waals surface area contributed by atoms with Crippen LogP contribution < -0.4 is 5.32 Å². The third-order valence-corrected chi connectivity index (χ3v) is 8.18. The Balaban J connectivity index is 1.70. The fourth-order valence-corrected chi connectivity index (χ4v) is 6.33. The molecule has 7 nitrogen and oxygen atoms in total. The van der Waals surface area contributed by atoms with E-state index in [1.54, 1.807) is 18.2 Å². The molecule has 2 saturated heterocycles. The molecule has 0 aromatic heterocycles. The normalized spacial score (nSPS) is 23.3. The lowest BCUT2D eigenvalue weighted by Crippen LogP contribution is -2.48. The summed E-state index contributed by atoms with van der Waals surface area (Å²) in [5, 5.41) is 3.24. The summed E-state index contributed by atoms with van der Waals surface area (Å²) in [4.78, 5) is 17.2. The number of aryl methyl sites for hydroxylation is 1. The van der Waals surface area contributed by atoms with Gasteiger partial charge in [0.1, 0.15) is 0 Å². The summed E-state index contributed by atoms with van der Waals surface area (Å²) in [7, 11) is -3.65. The van der Waals surface area contributed by atoms with Gasteiger partial charge in [-0.3, -0.25) is 4.79 Å². The molecule has 2 fully saturated rings. The van der Waals surface area contributed by atoms with E-state index in [1.165, 1.54) is 10.7 Å². The van der Waals surface area contributed by atoms with Crippen LogP contribution in [0.3, 0.4) is 0 Å². The molecule has 2 aliphatic heterocycles. The second-order valence-corrected chi connectivity index (χ2v) is 11.2. The fraction of sp³-hybridized carbons (Fsp3) is 0.696. The van der Waals surface area contributed by atoms with E-state index in [4.69, 9.17) is 0 Å². The van der Waals surface area contributed by atoms with E-state index in [0.29, 0.717) is 42.9 Å². The van der Waals surface area contributed by atoms with Crippen molar-refractivity contribution in [3.63, 3.8) is 0 Å². The molecule has 3 rings (SSSR count). The van der Waals surface area contributed by atoms with Crippen LogP contribution in [0.25, 0.3) is 0 Å². The first-order valence-electron chi connectivity index (χ1n) is 11.5. The number of benzene rings is 1. The topological polar surface area (TPSA) is 73.0 Å². The predicted octanol–water partition coefficient (Wildman–Crippen LogP) is 1.79. The van der Waals surface area contributed by atoms with Crippen molar-refractivity contribution >= 4 is 15.9 Å². The SMILES string of the molecule is Cc1cccc(S(=O)(=O)N(CCC(=O)N2CCNCC2)CCN2CC(C)CC(C)C2)c1. The summed E-state index contributed by atoms with van der Waals surface area (Å²) < 4.78 is 28.4. The fourth-order valence-electron chi connectivity index (χ4n) is 4.80. The third-order valence-electron chi connectivity index (χ3n) is 6.28. The Kier molecular flexibility index (Phi) is 8.50. The standard InChI is InChI=1S/C23H38N4O3S/c1-19-5-4-6-22(16-19)31(29,30)27(10-7-23(28)26-11-8-24-9-12-26)14-13-25-17-20(2)15-21(3)18-25/h4-6,16,20-21,24H,7-15,17-18H2,1-3H3. The minimum absolute atomic E-state index is 0.0335. The van der Waals surface area contributed by atoms with Crippen molar-refractivity contribution in [1.82, 2.24) is 19.4 Å². The number of nitrogens with one attached hydrogen (secondary N) is 1. The number of hydrogen-bond acceptors (Lipinski definition) is 5. The van der Waals surface area contributed by atoms with Crippen molar-refractivity contribution in [2.24, 2.45) is 11.8 Å². The summed E-state index contributed by atoms with van der Waals surface area (Å²) in [5.41, 5.74) is 0.914. The van der Waals surface area contributed by atoms with Gasteiger partial charge in [-0.1, -0.05) is 26.0 Å². The molecule has 1 N–H and O–H groups in total. The van der Waals surface area contributed by atoms with Crippen molar-refractivity contribution in [1.29, 1.82) is 0 Å². The lowest BCUT2D eigenvalue weighted by Gasteiger charge is -2.36. The average Bonchev–Trinajstić information content (AvgIpc) is 2.73. The molecule has 0 spiro atoms. The summed E-state index contributed by atoms with van der Waals surface area (Å²) in [6.07, 6.45) is 1.44. The van der Waals surface area contributed by atoms with Gasteiger partial charge in [-0.15, -0.1) is 0 Å². The van der Waals surface area contributed by atoms with Crippen LogP contribution in [0.2, 0.25) is 0 Å². The van der Waals surface area contributed by atoms with Gasteiger partial charge in [-0.05, 0) is 42.9 Å². The molecular weight excluding hydrogens is 412 g/mol. The zero-order valence-corrected chi connectivity index (χ0v) is 20.0. The van der Waals surface area contributed by atoms with Gasteiger partial charge in [0.25, 0.3) is 0 Å². The van der Waals surface area contributed by atoms with Crippen LogP contribution in [0.1, 0.15) is 32.3 Å². The van der Waals surface area contributed by atoms with E-state index in [0.717, 1.165) is 31.7 Å². The van der Waals surface area contributed by atoms with E-state index in [9.17, 15) is 13.2 Å². The number of likely N-dealkylation sites (tertiary alicyclic amines) is 1. The molecule has 0 bridgehead atoms. The quantitative estimate of drug-likeness (QED) is 0.654. The van der Waals surface area contributed by atoms with Gasteiger partial charge in [0.05, 0.1) is 4.90 Å². The lowest BCUT2D eigenvalue weighted by molar-refractivity contribution is -0.131. The smallest absolute Gasteiger partial charge is 0.243 e. The third kappa shape index (κ3) is 6.75. The summed E-state index contributed by atoms with van der Waals surface area (Å²) in [6.45, 7) is 12.7. The van der Waals surface area contributed by atoms with E-state index >= 15 is 0 Å². The Morgan fingerprint density at radius 1 is 1.13 bits per heavy atom.